The zero-order valence-corrected chi connectivity index (χ0v) is 14.0. The fourth-order valence-corrected chi connectivity index (χ4v) is 3.14. The van der Waals surface area contributed by atoms with Crippen molar-refractivity contribution >= 4 is 27.9 Å². The maximum absolute atomic E-state index is 11.3. The maximum atomic E-state index is 11.3. The molecule has 1 aromatic carbocycles. The van der Waals surface area contributed by atoms with Gasteiger partial charge in [0.25, 0.3) is 4.96 Å². The van der Waals surface area contributed by atoms with Gasteiger partial charge in [0.2, 0.25) is 5.82 Å². The van der Waals surface area contributed by atoms with Crippen molar-refractivity contribution in [1.29, 1.82) is 0 Å². The van der Waals surface area contributed by atoms with Gasteiger partial charge in [-0.1, -0.05) is 17.4 Å². The standard InChI is InChI=1S/C15H16N4O4S/c1-22-11-4-3-10(9-12(11)23-2)5-6-16-13-14(19(20)21)18-7-8-24-15(18)17-13/h3-4,7-9,16H,5-6H2,1-2H3. The Morgan fingerprint density at radius 3 is 2.83 bits per heavy atom. The molecule has 3 aromatic rings. The number of aromatic nitrogens is 2. The summed E-state index contributed by atoms with van der Waals surface area (Å²) in [6.07, 6.45) is 2.31. The van der Waals surface area contributed by atoms with E-state index in [4.69, 9.17) is 9.47 Å². The topological polar surface area (TPSA) is 90.9 Å². The van der Waals surface area contributed by atoms with E-state index in [1.54, 1.807) is 25.8 Å². The molecule has 0 amide bonds. The van der Waals surface area contributed by atoms with Gasteiger partial charge < -0.3 is 24.9 Å². The summed E-state index contributed by atoms with van der Waals surface area (Å²) in [5.41, 5.74) is 1.03. The fourth-order valence-electron chi connectivity index (χ4n) is 2.43. The Hall–Kier alpha value is -2.81. The Balaban J connectivity index is 1.72. The molecule has 0 spiro atoms. The van der Waals surface area contributed by atoms with Crippen molar-refractivity contribution in [1.82, 2.24) is 9.38 Å². The first-order chi connectivity index (χ1) is 11.6. The Morgan fingerprint density at radius 2 is 2.12 bits per heavy atom. The van der Waals surface area contributed by atoms with Crippen molar-refractivity contribution in [2.75, 3.05) is 26.1 Å². The van der Waals surface area contributed by atoms with Gasteiger partial charge in [-0.25, -0.2) is 0 Å². The summed E-state index contributed by atoms with van der Waals surface area (Å²) >= 11 is 1.36. The average Bonchev–Trinajstić information content (AvgIpc) is 3.14. The van der Waals surface area contributed by atoms with Gasteiger partial charge in [-0.3, -0.25) is 0 Å². The highest BCUT2D eigenvalue weighted by molar-refractivity contribution is 7.15. The Morgan fingerprint density at radius 1 is 1.33 bits per heavy atom. The number of nitrogens with one attached hydrogen (secondary N) is 1. The molecule has 0 saturated heterocycles. The van der Waals surface area contributed by atoms with Crippen LogP contribution in [0.2, 0.25) is 0 Å². The highest BCUT2D eigenvalue weighted by Gasteiger charge is 2.23. The summed E-state index contributed by atoms with van der Waals surface area (Å²) in [5.74, 6) is 1.56. The second-order valence-corrected chi connectivity index (χ2v) is 5.84. The number of anilines is 1. The Labute approximate surface area is 141 Å². The third-order valence-corrected chi connectivity index (χ3v) is 4.32. The summed E-state index contributed by atoms with van der Waals surface area (Å²) < 4.78 is 12.0. The number of methoxy groups -OCH3 is 2. The lowest BCUT2D eigenvalue weighted by atomic mass is 10.1. The molecule has 1 N–H and O–H groups in total. The average molecular weight is 348 g/mol. The van der Waals surface area contributed by atoms with E-state index in [2.05, 4.69) is 10.3 Å². The molecule has 0 aliphatic carbocycles. The second kappa shape index (κ2) is 6.75. The van der Waals surface area contributed by atoms with Gasteiger partial charge in [0.15, 0.2) is 11.5 Å². The third-order valence-electron chi connectivity index (χ3n) is 3.56. The van der Waals surface area contributed by atoms with Crippen LogP contribution in [0.5, 0.6) is 11.5 Å². The summed E-state index contributed by atoms with van der Waals surface area (Å²) in [6, 6.07) is 5.66. The summed E-state index contributed by atoms with van der Waals surface area (Å²) in [4.78, 5) is 15.7. The quantitative estimate of drug-likeness (QED) is 0.521. The van der Waals surface area contributed by atoms with Gasteiger partial charge >= 0.3 is 5.82 Å². The van der Waals surface area contributed by atoms with E-state index in [9.17, 15) is 10.1 Å². The first-order valence-electron chi connectivity index (χ1n) is 7.18. The number of thiazole rings is 1. The molecule has 0 fully saturated rings. The molecule has 8 nitrogen and oxygen atoms in total. The summed E-state index contributed by atoms with van der Waals surface area (Å²) in [6.45, 7) is 0.515. The van der Waals surface area contributed by atoms with Crippen LogP contribution in [0.1, 0.15) is 5.56 Å². The molecule has 0 aliphatic rings. The normalized spacial score (nSPS) is 10.8. The van der Waals surface area contributed by atoms with Crippen LogP contribution in [0.4, 0.5) is 11.6 Å². The van der Waals surface area contributed by atoms with Crippen LogP contribution < -0.4 is 14.8 Å². The first-order valence-corrected chi connectivity index (χ1v) is 8.06. The van der Waals surface area contributed by atoms with Crippen molar-refractivity contribution in [3.8, 4) is 11.5 Å². The smallest absolute Gasteiger partial charge is 0.372 e. The highest BCUT2D eigenvalue weighted by atomic mass is 32.1. The van der Waals surface area contributed by atoms with Gasteiger partial charge in [-0.05, 0) is 29.0 Å². The maximum Gasteiger partial charge on any atom is 0.372 e. The van der Waals surface area contributed by atoms with E-state index >= 15 is 0 Å². The van der Waals surface area contributed by atoms with Crippen molar-refractivity contribution in [3.05, 3.63) is 45.5 Å². The third kappa shape index (κ3) is 2.98. The van der Waals surface area contributed by atoms with Crippen LogP contribution in [-0.2, 0) is 6.42 Å². The molecule has 126 valence electrons. The number of ether oxygens (including phenoxy) is 2. The van der Waals surface area contributed by atoms with Crippen LogP contribution in [0.25, 0.3) is 4.96 Å². The zero-order chi connectivity index (χ0) is 17.1. The van der Waals surface area contributed by atoms with Crippen molar-refractivity contribution in [2.24, 2.45) is 0 Å². The van der Waals surface area contributed by atoms with Crippen LogP contribution in [0, 0.1) is 10.1 Å². The molecule has 3 rings (SSSR count). The molecule has 0 atom stereocenters. The monoisotopic (exact) mass is 348 g/mol. The summed E-state index contributed by atoms with van der Waals surface area (Å²) in [7, 11) is 3.17. The predicted molar refractivity (Wildman–Crippen MR) is 91.5 cm³/mol. The minimum Gasteiger partial charge on any atom is -0.493 e. The van der Waals surface area contributed by atoms with E-state index in [-0.39, 0.29) is 11.6 Å². The minimum atomic E-state index is -0.425. The molecule has 0 radical (unpaired) electrons. The van der Waals surface area contributed by atoms with Crippen molar-refractivity contribution in [2.45, 2.75) is 6.42 Å². The lowest BCUT2D eigenvalue weighted by Gasteiger charge is -2.09. The van der Waals surface area contributed by atoms with E-state index < -0.39 is 4.92 Å². The van der Waals surface area contributed by atoms with Gasteiger partial charge in [-0.15, -0.1) is 0 Å². The molecule has 0 aliphatic heterocycles. The summed E-state index contributed by atoms with van der Waals surface area (Å²) in [5, 5.41) is 16.1. The zero-order valence-electron chi connectivity index (χ0n) is 13.2. The molecule has 9 heteroatoms. The number of hydrogen-bond donors (Lipinski definition) is 1. The molecule has 2 heterocycles. The Kier molecular flexibility index (Phi) is 4.52. The number of fused-ring (bicyclic) bond motifs is 1. The number of imidazole rings is 1. The van der Waals surface area contributed by atoms with Crippen LogP contribution in [0.3, 0.4) is 0 Å². The molecule has 24 heavy (non-hydrogen) atoms. The highest BCUT2D eigenvalue weighted by Crippen LogP contribution is 2.29. The van der Waals surface area contributed by atoms with Gasteiger partial charge in [0.1, 0.15) is 6.20 Å². The molecule has 0 unspecified atom stereocenters. The fraction of sp³-hybridized carbons (Fsp3) is 0.267. The van der Waals surface area contributed by atoms with Gasteiger partial charge in [0.05, 0.1) is 14.2 Å². The number of hydrogen-bond acceptors (Lipinski definition) is 7. The molecule has 2 aromatic heterocycles. The van der Waals surface area contributed by atoms with Crippen molar-refractivity contribution < 1.29 is 14.4 Å². The van der Waals surface area contributed by atoms with Gasteiger partial charge in [-0.2, -0.15) is 9.38 Å². The van der Waals surface area contributed by atoms with E-state index in [0.717, 1.165) is 5.56 Å². The van der Waals surface area contributed by atoms with Crippen LogP contribution in [-0.4, -0.2) is 35.1 Å². The minimum absolute atomic E-state index is 0.0430. The van der Waals surface area contributed by atoms with Crippen molar-refractivity contribution in [3.63, 3.8) is 0 Å². The van der Waals surface area contributed by atoms with Crippen LogP contribution >= 0.6 is 11.3 Å². The molecular formula is C15H16N4O4S. The van der Waals surface area contributed by atoms with Crippen LogP contribution in [0.15, 0.2) is 29.8 Å². The second-order valence-electron chi connectivity index (χ2n) is 4.96. The molecular weight excluding hydrogens is 332 g/mol. The number of rotatable bonds is 7. The number of benzene rings is 1. The first kappa shape index (κ1) is 16.1. The largest absolute Gasteiger partial charge is 0.493 e. The number of nitro groups is 1. The SMILES string of the molecule is COc1ccc(CCNc2nc3sccn3c2[N+](=O)[O-])cc1OC. The Bertz CT molecular complexity index is 874. The molecule has 0 bridgehead atoms. The molecule has 0 saturated carbocycles. The van der Waals surface area contributed by atoms with Gasteiger partial charge in [0, 0.05) is 11.9 Å². The van der Waals surface area contributed by atoms with E-state index in [1.165, 1.54) is 15.7 Å². The van der Waals surface area contributed by atoms with E-state index in [1.807, 2.05) is 18.2 Å². The lowest BCUT2D eigenvalue weighted by Crippen LogP contribution is -2.07. The predicted octanol–water partition coefficient (Wildman–Crippen LogP) is 2.98. The lowest BCUT2D eigenvalue weighted by molar-refractivity contribution is -0.389. The van der Waals surface area contributed by atoms with E-state index in [0.29, 0.717) is 29.4 Å². The number of nitrogens with zero attached hydrogens (tertiary/aromatic N) is 3.